The lowest BCUT2D eigenvalue weighted by atomic mass is 9.94. The predicted molar refractivity (Wildman–Crippen MR) is 108 cm³/mol. The molecule has 1 saturated carbocycles. The monoisotopic (exact) mass is 377 g/mol. The zero-order valence-electron chi connectivity index (χ0n) is 15.9. The Morgan fingerprint density at radius 2 is 1.77 bits per heavy atom. The third kappa shape index (κ3) is 5.37. The Morgan fingerprint density at radius 1 is 1.12 bits per heavy atom. The molecule has 0 unspecified atom stereocenters. The molecule has 144 valence electrons. The number of rotatable bonds is 5. The molecule has 0 bridgehead atoms. The molecule has 0 radical (unpaired) electrons. The molecule has 1 heterocycles. The van der Waals surface area contributed by atoms with E-state index in [0.29, 0.717) is 12.1 Å². The molecule has 0 aromatic heterocycles. The number of amides is 2. The minimum Gasteiger partial charge on any atom is -0.335 e. The van der Waals surface area contributed by atoms with Gasteiger partial charge in [-0.2, -0.15) is 0 Å². The molecule has 1 N–H and O–H groups in total. The first-order chi connectivity index (χ1) is 12.7. The van der Waals surface area contributed by atoms with Gasteiger partial charge in [0, 0.05) is 43.3 Å². The van der Waals surface area contributed by atoms with Gasteiger partial charge < -0.3 is 10.2 Å². The van der Waals surface area contributed by atoms with Crippen LogP contribution in [0, 0.1) is 0 Å². The van der Waals surface area contributed by atoms with Crippen LogP contribution in [0.4, 0.5) is 4.79 Å². The Bertz CT molecular complexity index is 563. The van der Waals surface area contributed by atoms with Gasteiger partial charge in [0.1, 0.15) is 0 Å². The summed E-state index contributed by atoms with van der Waals surface area (Å²) >= 11 is 5.96. The third-order valence-corrected chi connectivity index (χ3v) is 6.10. The van der Waals surface area contributed by atoms with Gasteiger partial charge in [-0.3, -0.25) is 4.90 Å². The molecule has 0 atom stereocenters. The molecule has 1 aliphatic carbocycles. The third-order valence-electron chi connectivity index (χ3n) is 5.85. The van der Waals surface area contributed by atoms with Crippen molar-refractivity contribution < 1.29 is 4.79 Å². The van der Waals surface area contributed by atoms with Gasteiger partial charge in [-0.1, -0.05) is 43.0 Å². The summed E-state index contributed by atoms with van der Waals surface area (Å²) in [5.74, 6) is 0. The summed E-state index contributed by atoms with van der Waals surface area (Å²) in [7, 11) is 0. The minimum absolute atomic E-state index is 0.149. The second-order valence-electron chi connectivity index (χ2n) is 7.70. The van der Waals surface area contributed by atoms with Crippen LogP contribution in [0.2, 0.25) is 5.02 Å². The molecule has 1 aromatic carbocycles. The molecule has 3 rings (SSSR count). The zero-order valence-corrected chi connectivity index (χ0v) is 16.7. The Balaban J connectivity index is 1.43. The summed E-state index contributed by atoms with van der Waals surface area (Å²) in [6.45, 7) is 5.93. The summed E-state index contributed by atoms with van der Waals surface area (Å²) in [6.07, 6.45) is 8.24. The number of carbonyl (C=O) groups is 1. The van der Waals surface area contributed by atoms with Crippen LogP contribution >= 0.6 is 11.6 Å². The van der Waals surface area contributed by atoms with E-state index >= 15 is 0 Å². The standard InChI is InChI=1S/C21H32ClN3O/c1-2-25(20-6-4-3-5-7-20)21(26)23-19-12-14-24(15-13-19)16-17-8-10-18(22)11-9-17/h8-11,19-20H,2-7,12-16H2,1H3,(H,23,26). The Morgan fingerprint density at radius 3 is 2.38 bits per heavy atom. The maximum Gasteiger partial charge on any atom is 0.317 e. The summed E-state index contributed by atoms with van der Waals surface area (Å²) in [6, 6.07) is 9.00. The highest BCUT2D eigenvalue weighted by atomic mass is 35.5. The zero-order chi connectivity index (χ0) is 18.4. The van der Waals surface area contributed by atoms with Crippen LogP contribution in [0.5, 0.6) is 0 Å². The first-order valence-electron chi connectivity index (χ1n) is 10.2. The molecular weight excluding hydrogens is 346 g/mol. The maximum absolute atomic E-state index is 12.7. The number of hydrogen-bond acceptors (Lipinski definition) is 2. The molecule has 4 nitrogen and oxygen atoms in total. The topological polar surface area (TPSA) is 35.6 Å². The van der Waals surface area contributed by atoms with Gasteiger partial charge in [0.15, 0.2) is 0 Å². The van der Waals surface area contributed by atoms with Crippen molar-refractivity contribution >= 4 is 17.6 Å². The highest BCUT2D eigenvalue weighted by Crippen LogP contribution is 2.23. The second-order valence-corrected chi connectivity index (χ2v) is 8.14. The molecule has 1 aromatic rings. The second kappa shape index (κ2) is 9.61. The lowest BCUT2D eigenvalue weighted by Crippen LogP contribution is -2.52. The van der Waals surface area contributed by atoms with Crippen molar-refractivity contribution in [1.82, 2.24) is 15.1 Å². The summed E-state index contributed by atoms with van der Waals surface area (Å²) < 4.78 is 0. The molecule has 2 fully saturated rings. The highest BCUT2D eigenvalue weighted by molar-refractivity contribution is 6.30. The van der Waals surface area contributed by atoms with E-state index in [-0.39, 0.29) is 6.03 Å². The fourth-order valence-corrected chi connectivity index (χ4v) is 4.43. The molecule has 1 saturated heterocycles. The number of benzene rings is 1. The molecule has 1 aliphatic heterocycles. The van der Waals surface area contributed by atoms with Crippen LogP contribution < -0.4 is 5.32 Å². The molecule has 2 amide bonds. The molecule has 26 heavy (non-hydrogen) atoms. The predicted octanol–water partition coefficient (Wildman–Crippen LogP) is 4.67. The van der Waals surface area contributed by atoms with E-state index in [1.165, 1.54) is 37.7 Å². The van der Waals surface area contributed by atoms with Gasteiger partial charge in [-0.15, -0.1) is 0 Å². The average Bonchev–Trinajstić information content (AvgIpc) is 2.67. The van der Waals surface area contributed by atoms with Crippen molar-refractivity contribution in [3.05, 3.63) is 34.9 Å². The van der Waals surface area contributed by atoms with Crippen LogP contribution in [-0.2, 0) is 6.54 Å². The van der Waals surface area contributed by atoms with E-state index in [2.05, 4.69) is 34.2 Å². The van der Waals surface area contributed by atoms with Gasteiger partial charge in [0.25, 0.3) is 0 Å². The van der Waals surface area contributed by atoms with Crippen molar-refractivity contribution in [1.29, 1.82) is 0 Å². The lowest BCUT2D eigenvalue weighted by molar-refractivity contribution is 0.145. The van der Waals surface area contributed by atoms with Gasteiger partial charge in [0.2, 0.25) is 0 Å². The fourth-order valence-electron chi connectivity index (χ4n) is 4.30. The molecule has 5 heteroatoms. The minimum atomic E-state index is 0.149. The first kappa shape index (κ1) is 19.5. The smallest absolute Gasteiger partial charge is 0.317 e. The van der Waals surface area contributed by atoms with Crippen molar-refractivity contribution in [3.63, 3.8) is 0 Å². The van der Waals surface area contributed by atoms with Gasteiger partial charge in [-0.05, 0) is 50.3 Å². The fraction of sp³-hybridized carbons (Fsp3) is 0.667. The molecule has 0 spiro atoms. The summed E-state index contributed by atoms with van der Waals surface area (Å²) in [4.78, 5) is 17.3. The van der Waals surface area contributed by atoms with E-state index in [9.17, 15) is 4.79 Å². The average molecular weight is 378 g/mol. The van der Waals surface area contributed by atoms with Gasteiger partial charge in [0.05, 0.1) is 0 Å². The number of nitrogens with zero attached hydrogens (tertiary/aromatic N) is 2. The SMILES string of the molecule is CCN(C(=O)NC1CCN(Cc2ccc(Cl)cc2)CC1)C1CCCCC1. The van der Waals surface area contributed by atoms with Crippen LogP contribution in [-0.4, -0.2) is 47.5 Å². The van der Waals surface area contributed by atoms with Crippen molar-refractivity contribution in [2.45, 2.75) is 70.5 Å². The normalized spacial score (nSPS) is 20.1. The molecular formula is C21H32ClN3O. The number of piperidine rings is 1. The largest absolute Gasteiger partial charge is 0.335 e. The number of carbonyl (C=O) groups excluding carboxylic acids is 1. The Labute approximate surface area is 162 Å². The number of hydrogen-bond donors (Lipinski definition) is 1. The maximum atomic E-state index is 12.7. The number of likely N-dealkylation sites (tertiary alicyclic amines) is 1. The van der Waals surface area contributed by atoms with E-state index < -0.39 is 0 Å². The van der Waals surface area contributed by atoms with Gasteiger partial charge in [-0.25, -0.2) is 4.79 Å². The van der Waals surface area contributed by atoms with Crippen LogP contribution in [0.3, 0.4) is 0 Å². The van der Waals surface area contributed by atoms with E-state index in [4.69, 9.17) is 11.6 Å². The number of urea groups is 1. The number of halogens is 1. The Hall–Kier alpha value is -1.26. The number of nitrogens with one attached hydrogen (secondary N) is 1. The quantitative estimate of drug-likeness (QED) is 0.809. The van der Waals surface area contributed by atoms with E-state index in [1.807, 2.05) is 12.1 Å². The highest BCUT2D eigenvalue weighted by Gasteiger charge is 2.27. The van der Waals surface area contributed by atoms with E-state index in [0.717, 1.165) is 44.0 Å². The van der Waals surface area contributed by atoms with Gasteiger partial charge >= 0.3 is 6.03 Å². The van der Waals surface area contributed by atoms with Crippen molar-refractivity contribution in [2.24, 2.45) is 0 Å². The van der Waals surface area contributed by atoms with Crippen molar-refractivity contribution in [2.75, 3.05) is 19.6 Å². The van der Waals surface area contributed by atoms with Crippen molar-refractivity contribution in [3.8, 4) is 0 Å². The van der Waals surface area contributed by atoms with Crippen LogP contribution in [0.25, 0.3) is 0 Å². The summed E-state index contributed by atoms with van der Waals surface area (Å²) in [5.41, 5.74) is 1.30. The lowest BCUT2D eigenvalue weighted by Gasteiger charge is -2.37. The first-order valence-corrected chi connectivity index (χ1v) is 10.6. The van der Waals surface area contributed by atoms with E-state index in [1.54, 1.807) is 0 Å². The Kier molecular flexibility index (Phi) is 7.21. The van der Waals surface area contributed by atoms with Crippen LogP contribution in [0.15, 0.2) is 24.3 Å². The molecule has 2 aliphatic rings. The van der Waals surface area contributed by atoms with Crippen LogP contribution in [0.1, 0.15) is 57.4 Å². The summed E-state index contributed by atoms with van der Waals surface area (Å²) in [5, 5.41) is 4.09.